The summed E-state index contributed by atoms with van der Waals surface area (Å²) in [6.07, 6.45) is 1.56. The van der Waals surface area contributed by atoms with Crippen molar-refractivity contribution < 1.29 is 14.8 Å². The van der Waals surface area contributed by atoms with Gasteiger partial charge in [-0.1, -0.05) is 27.7 Å². The smallest absolute Gasteiger partial charge is 0.269 e. The molecule has 0 radical (unpaired) electrons. The van der Waals surface area contributed by atoms with Crippen molar-refractivity contribution in [3.05, 3.63) is 63.2 Å². The van der Waals surface area contributed by atoms with Gasteiger partial charge < -0.3 is 5.11 Å². The summed E-state index contributed by atoms with van der Waals surface area (Å²) in [5.74, 6) is 0.494. The van der Waals surface area contributed by atoms with Gasteiger partial charge in [-0.3, -0.25) is 14.9 Å². The van der Waals surface area contributed by atoms with Crippen LogP contribution in [0.5, 0.6) is 5.75 Å². The molecule has 2 rings (SSSR count). The van der Waals surface area contributed by atoms with Gasteiger partial charge in [-0.2, -0.15) is 5.10 Å². The number of phenolic OH excluding ortho intramolecular Hbond substituents is 1. The van der Waals surface area contributed by atoms with E-state index in [9.17, 15) is 20.0 Å². The highest BCUT2D eigenvalue weighted by Crippen LogP contribution is 2.34. The second kappa shape index (κ2) is 10.1. The molecule has 2 N–H and O–H groups in total. The fraction of sp³-hybridized carbons (Fsp3) is 0.333. The number of benzene rings is 2. The van der Waals surface area contributed by atoms with Crippen LogP contribution in [-0.2, 0) is 4.79 Å². The summed E-state index contributed by atoms with van der Waals surface area (Å²) in [5.41, 5.74) is 4.99. The van der Waals surface area contributed by atoms with E-state index in [1.807, 2.05) is 39.8 Å². The van der Waals surface area contributed by atoms with E-state index in [1.165, 1.54) is 23.9 Å². The molecule has 0 atom stereocenters. The summed E-state index contributed by atoms with van der Waals surface area (Å²) in [7, 11) is 0. The van der Waals surface area contributed by atoms with Crippen LogP contribution in [-0.4, -0.2) is 27.9 Å². The Kier molecular flexibility index (Phi) is 7.78. The van der Waals surface area contributed by atoms with Crippen LogP contribution in [0.2, 0.25) is 0 Å². The van der Waals surface area contributed by atoms with E-state index in [0.29, 0.717) is 5.75 Å². The van der Waals surface area contributed by atoms with Gasteiger partial charge in [0.25, 0.3) is 5.69 Å². The number of hydrogen-bond acceptors (Lipinski definition) is 6. The van der Waals surface area contributed by atoms with Gasteiger partial charge in [0.1, 0.15) is 5.75 Å². The summed E-state index contributed by atoms with van der Waals surface area (Å²) in [5, 5.41) is 25.1. The molecule has 8 heteroatoms. The monoisotopic (exact) mass is 415 g/mol. The van der Waals surface area contributed by atoms with Crippen LogP contribution in [0.1, 0.15) is 56.2 Å². The van der Waals surface area contributed by atoms with Crippen LogP contribution in [0.4, 0.5) is 5.69 Å². The summed E-state index contributed by atoms with van der Waals surface area (Å²) >= 11 is 1.27. The van der Waals surface area contributed by atoms with Crippen LogP contribution in [0.25, 0.3) is 0 Å². The second-order valence-electron chi connectivity index (χ2n) is 7.19. The molecular weight excluding hydrogens is 390 g/mol. The van der Waals surface area contributed by atoms with Crippen LogP contribution in [0.15, 0.2) is 46.4 Å². The van der Waals surface area contributed by atoms with Crippen molar-refractivity contribution in [1.82, 2.24) is 5.43 Å². The highest BCUT2D eigenvalue weighted by molar-refractivity contribution is 8.00. The standard InChI is InChI=1S/C21H25N3O4S/c1-13(2)18-9-15(10-19(14(3)4)21(18)26)11-22-23-20(25)12-29-17-7-5-16(6-8-17)24(27)28/h5-11,13-14,26H,12H2,1-4H3,(H,23,25)/b22-11-. The Morgan fingerprint density at radius 3 is 2.21 bits per heavy atom. The summed E-state index contributed by atoms with van der Waals surface area (Å²) in [6, 6.07) is 9.76. The van der Waals surface area contributed by atoms with Gasteiger partial charge in [0.2, 0.25) is 5.91 Å². The van der Waals surface area contributed by atoms with Crippen LogP contribution < -0.4 is 5.43 Å². The lowest BCUT2D eigenvalue weighted by molar-refractivity contribution is -0.384. The van der Waals surface area contributed by atoms with Crippen molar-refractivity contribution in [3.63, 3.8) is 0 Å². The summed E-state index contributed by atoms with van der Waals surface area (Å²) < 4.78 is 0. The zero-order chi connectivity index (χ0) is 21.6. The SMILES string of the molecule is CC(C)c1cc(/C=N\NC(=O)CSc2ccc([N+](=O)[O-])cc2)cc(C(C)C)c1O. The molecule has 0 saturated carbocycles. The fourth-order valence-electron chi connectivity index (χ4n) is 2.68. The van der Waals surface area contributed by atoms with E-state index in [-0.39, 0.29) is 29.2 Å². The molecule has 2 aromatic rings. The zero-order valence-corrected chi connectivity index (χ0v) is 17.7. The lowest BCUT2D eigenvalue weighted by Gasteiger charge is -2.16. The molecule has 7 nitrogen and oxygen atoms in total. The summed E-state index contributed by atoms with van der Waals surface area (Å²) in [4.78, 5) is 22.9. The molecule has 0 fully saturated rings. The van der Waals surface area contributed by atoms with Crippen molar-refractivity contribution in [3.8, 4) is 5.75 Å². The second-order valence-corrected chi connectivity index (χ2v) is 8.24. The normalized spacial score (nSPS) is 11.4. The molecule has 0 saturated heterocycles. The number of amides is 1. The predicted octanol–water partition coefficient (Wildman–Crippen LogP) is 4.79. The number of thioether (sulfide) groups is 1. The summed E-state index contributed by atoms with van der Waals surface area (Å²) in [6.45, 7) is 8.04. The maximum atomic E-state index is 12.0. The molecule has 0 aromatic heterocycles. The van der Waals surface area contributed by atoms with Gasteiger partial charge >= 0.3 is 0 Å². The average Bonchev–Trinajstić information content (AvgIpc) is 2.67. The molecule has 2 aromatic carbocycles. The van der Waals surface area contributed by atoms with E-state index in [1.54, 1.807) is 18.3 Å². The Hall–Kier alpha value is -2.87. The van der Waals surface area contributed by atoms with Gasteiger partial charge in [0.15, 0.2) is 0 Å². The molecule has 29 heavy (non-hydrogen) atoms. The average molecular weight is 416 g/mol. The quantitative estimate of drug-likeness (QED) is 0.279. The Morgan fingerprint density at radius 1 is 1.17 bits per heavy atom. The first-order valence-electron chi connectivity index (χ1n) is 9.25. The number of nitro benzene ring substituents is 1. The first kappa shape index (κ1) is 22.4. The minimum absolute atomic E-state index is 0.0128. The molecule has 0 unspecified atom stereocenters. The maximum absolute atomic E-state index is 12.0. The minimum Gasteiger partial charge on any atom is -0.507 e. The van der Waals surface area contributed by atoms with Gasteiger partial charge in [0, 0.05) is 17.0 Å². The van der Waals surface area contributed by atoms with E-state index < -0.39 is 4.92 Å². The molecule has 0 aliphatic carbocycles. The number of carbonyl (C=O) groups excluding carboxylic acids is 1. The molecule has 0 aliphatic rings. The lowest BCUT2D eigenvalue weighted by atomic mass is 9.92. The van der Waals surface area contributed by atoms with Crippen molar-refractivity contribution in [2.75, 3.05) is 5.75 Å². The predicted molar refractivity (Wildman–Crippen MR) is 116 cm³/mol. The number of nitrogens with one attached hydrogen (secondary N) is 1. The zero-order valence-electron chi connectivity index (χ0n) is 16.9. The Labute approximate surface area is 174 Å². The molecule has 154 valence electrons. The number of nitrogens with zero attached hydrogens (tertiary/aromatic N) is 2. The topological polar surface area (TPSA) is 105 Å². The number of phenols is 1. The maximum Gasteiger partial charge on any atom is 0.269 e. The Bertz CT molecular complexity index is 880. The molecular formula is C21H25N3O4S. The van der Waals surface area contributed by atoms with E-state index in [4.69, 9.17) is 0 Å². The van der Waals surface area contributed by atoms with Gasteiger partial charge in [-0.25, -0.2) is 5.43 Å². The van der Waals surface area contributed by atoms with Crippen molar-refractivity contribution in [1.29, 1.82) is 0 Å². The number of nitro groups is 1. The van der Waals surface area contributed by atoms with E-state index in [0.717, 1.165) is 21.6 Å². The molecule has 0 heterocycles. The largest absolute Gasteiger partial charge is 0.507 e. The Balaban J connectivity index is 1.98. The van der Waals surface area contributed by atoms with Gasteiger partial charge in [-0.15, -0.1) is 11.8 Å². The van der Waals surface area contributed by atoms with Crippen LogP contribution in [0.3, 0.4) is 0 Å². The van der Waals surface area contributed by atoms with Gasteiger partial charge in [-0.05, 0) is 52.8 Å². The third-order valence-electron chi connectivity index (χ3n) is 4.26. The van der Waals surface area contributed by atoms with Crippen LogP contribution in [0, 0.1) is 10.1 Å². The molecule has 1 amide bonds. The lowest BCUT2D eigenvalue weighted by Crippen LogP contribution is -2.19. The van der Waals surface area contributed by atoms with E-state index in [2.05, 4.69) is 10.5 Å². The minimum atomic E-state index is -0.464. The first-order valence-corrected chi connectivity index (χ1v) is 10.2. The fourth-order valence-corrected chi connectivity index (χ4v) is 3.37. The van der Waals surface area contributed by atoms with Crippen LogP contribution >= 0.6 is 11.8 Å². The molecule has 0 spiro atoms. The van der Waals surface area contributed by atoms with Crippen molar-refractivity contribution >= 4 is 29.6 Å². The molecule has 0 aliphatic heterocycles. The van der Waals surface area contributed by atoms with Crippen molar-refractivity contribution in [2.24, 2.45) is 5.10 Å². The van der Waals surface area contributed by atoms with E-state index >= 15 is 0 Å². The Morgan fingerprint density at radius 2 is 1.72 bits per heavy atom. The number of rotatable bonds is 8. The first-order chi connectivity index (χ1) is 13.7. The van der Waals surface area contributed by atoms with Crippen molar-refractivity contribution in [2.45, 2.75) is 44.4 Å². The highest BCUT2D eigenvalue weighted by atomic mass is 32.2. The number of hydrazone groups is 1. The van der Waals surface area contributed by atoms with Gasteiger partial charge in [0.05, 0.1) is 16.9 Å². The number of non-ortho nitro benzene ring substituents is 1. The highest BCUT2D eigenvalue weighted by Gasteiger charge is 2.14. The third kappa shape index (κ3) is 6.32. The number of hydrogen-bond donors (Lipinski definition) is 2. The third-order valence-corrected chi connectivity index (χ3v) is 5.27. The number of carbonyl (C=O) groups is 1. The molecule has 0 bridgehead atoms. The number of aromatic hydroxyl groups is 1.